The Labute approximate surface area is 175 Å². The minimum Gasteiger partial charge on any atom is -0.334 e. The van der Waals surface area contributed by atoms with E-state index in [1.807, 2.05) is 12.1 Å². The van der Waals surface area contributed by atoms with Crippen LogP contribution in [-0.4, -0.2) is 43.2 Å². The highest BCUT2D eigenvalue weighted by Crippen LogP contribution is 2.27. The van der Waals surface area contributed by atoms with Crippen LogP contribution in [0.25, 0.3) is 0 Å². The molecule has 1 aromatic heterocycles. The molecule has 1 atom stereocenters. The number of amides is 1. The van der Waals surface area contributed by atoms with Crippen molar-refractivity contribution >= 4 is 27.3 Å². The van der Waals surface area contributed by atoms with Crippen molar-refractivity contribution in [1.29, 1.82) is 5.26 Å². The van der Waals surface area contributed by atoms with Gasteiger partial charge in [0.2, 0.25) is 5.91 Å². The smallest absolute Gasteiger partial charge is 0.252 e. The third-order valence-electron chi connectivity index (χ3n) is 4.94. The molecule has 1 aliphatic heterocycles. The van der Waals surface area contributed by atoms with Gasteiger partial charge in [-0.25, -0.2) is 8.42 Å². The standard InChI is InChI=1S/C21H23N3O3S2/c1-2-11-23(15-18-9-7-17(14-22)8-10-18)21(25)19-5-3-12-24(16-19)29(26,27)20-6-4-13-28-20/h2,4,6-10,13,19H,1,3,5,11-12,15-16H2. The molecule has 0 spiro atoms. The van der Waals surface area contributed by atoms with Crippen LogP contribution in [0.2, 0.25) is 0 Å². The first-order chi connectivity index (χ1) is 14.0. The molecule has 0 aliphatic carbocycles. The van der Waals surface area contributed by atoms with E-state index < -0.39 is 10.0 Å². The maximum atomic E-state index is 13.2. The van der Waals surface area contributed by atoms with E-state index >= 15 is 0 Å². The molecule has 1 aliphatic rings. The van der Waals surface area contributed by atoms with Crippen molar-refractivity contribution in [3.63, 3.8) is 0 Å². The van der Waals surface area contributed by atoms with E-state index in [2.05, 4.69) is 12.6 Å². The van der Waals surface area contributed by atoms with Crippen LogP contribution < -0.4 is 0 Å². The second-order valence-corrected chi connectivity index (χ2v) is 10.1. The zero-order valence-electron chi connectivity index (χ0n) is 16.0. The average Bonchev–Trinajstić information content (AvgIpc) is 3.29. The number of carbonyl (C=O) groups is 1. The van der Waals surface area contributed by atoms with Gasteiger partial charge < -0.3 is 4.90 Å². The number of hydrogen-bond donors (Lipinski definition) is 0. The van der Waals surface area contributed by atoms with Gasteiger partial charge >= 0.3 is 0 Å². The summed E-state index contributed by atoms with van der Waals surface area (Å²) in [4.78, 5) is 14.9. The molecular formula is C21H23N3O3S2. The van der Waals surface area contributed by atoms with Gasteiger partial charge in [-0.3, -0.25) is 4.79 Å². The lowest BCUT2D eigenvalue weighted by Crippen LogP contribution is -2.46. The Hall–Kier alpha value is -2.47. The van der Waals surface area contributed by atoms with Crippen molar-refractivity contribution in [1.82, 2.24) is 9.21 Å². The summed E-state index contributed by atoms with van der Waals surface area (Å²) in [5.41, 5.74) is 1.48. The van der Waals surface area contributed by atoms with Crippen LogP contribution in [0.1, 0.15) is 24.0 Å². The van der Waals surface area contributed by atoms with Gasteiger partial charge in [0.25, 0.3) is 10.0 Å². The topological polar surface area (TPSA) is 81.5 Å². The second-order valence-electron chi connectivity index (χ2n) is 6.95. The highest BCUT2D eigenvalue weighted by molar-refractivity contribution is 7.91. The Balaban J connectivity index is 1.73. The molecule has 0 radical (unpaired) electrons. The molecular weight excluding hydrogens is 406 g/mol. The summed E-state index contributed by atoms with van der Waals surface area (Å²) in [6.45, 7) is 5.14. The first-order valence-electron chi connectivity index (χ1n) is 9.38. The van der Waals surface area contributed by atoms with Crippen LogP contribution in [0, 0.1) is 17.2 Å². The molecule has 3 rings (SSSR count). The number of nitrogens with zero attached hydrogens (tertiary/aromatic N) is 3. The number of nitriles is 1. The molecule has 152 valence electrons. The normalized spacial score (nSPS) is 17.4. The summed E-state index contributed by atoms with van der Waals surface area (Å²) >= 11 is 1.19. The number of piperidine rings is 1. The molecule has 0 saturated carbocycles. The Morgan fingerprint density at radius 2 is 2.10 bits per heavy atom. The number of hydrogen-bond acceptors (Lipinski definition) is 5. The number of carbonyl (C=O) groups excluding carboxylic acids is 1. The van der Waals surface area contributed by atoms with Crippen molar-refractivity contribution in [2.75, 3.05) is 19.6 Å². The largest absolute Gasteiger partial charge is 0.334 e. The van der Waals surface area contributed by atoms with Crippen LogP contribution in [0.5, 0.6) is 0 Å². The van der Waals surface area contributed by atoms with Gasteiger partial charge in [-0.1, -0.05) is 24.3 Å². The lowest BCUT2D eigenvalue weighted by molar-refractivity contribution is -0.136. The first kappa shape index (κ1) is 21.2. The molecule has 1 amide bonds. The van der Waals surface area contributed by atoms with Crippen molar-refractivity contribution in [3.8, 4) is 6.07 Å². The van der Waals surface area contributed by atoms with E-state index in [0.717, 1.165) is 5.56 Å². The Bertz CT molecular complexity index is 993. The highest BCUT2D eigenvalue weighted by atomic mass is 32.2. The Morgan fingerprint density at radius 1 is 1.34 bits per heavy atom. The Kier molecular flexibility index (Phi) is 6.85. The lowest BCUT2D eigenvalue weighted by Gasteiger charge is -2.34. The number of benzene rings is 1. The van der Waals surface area contributed by atoms with Crippen molar-refractivity contribution in [2.24, 2.45) is 5.92 Å². The minimum absolute atomic E-state index is 0.0691. The van der Waals surface area contributed by atoms with E-state index in [-0.39, 0.29) is 18.4 Å². The van der Waals surface area contributed by atoms with Gasteiger partial charge in [0, 0.05) is 26.2 Å². The monoisotopic (exact) mass is 429 g/mol. The second kappa shape index (κ2) is 9.35. The average molecular weight is 430 g/mol. The third-order valence-corrected chi connectivity index (χ3v) is 8.18. The van der Waals surface area contributed by atoms with Crippen LogP contribution in [0.3, 0.4) is 0 Å². The fourth-order valence-corrected chi connectivity index (χ4v) is 6.12. The van der Waals surface area contributed by atoms with Gasteiger partial charge in [0.1, 0.15) is 4.21 Å². The molecule has 2 heterocycles. The molecule has 0 N–H and O–H groups in total. The predicted molar refractivity (Wildman–Crippen MR) is 113 cm³/mol. The van der Waals surface area contributed by atoms with Crippen LogP contribution in [0.15, 0.2) is 58.6 Å². The molecule has 1 saturated heterocycles. The lowest BCUT2D eigenvalue weighted by atomic mass is 9.97. The maximum Gasteiger partial charge on any atom is 0.252 e. The molecule has 2 aromatic rings. The molecule has 6 nitrogen and oxygen atoms in total. The van der Waals surface area contributed by atoms with Crippen LogP contribution >= 0.6 is 11.3 Å². The quantitative estimate of drug-likeness (QED) is 0.633. The highest BCUT2D eigenvalue weighted by Gasteiger charge is 2.35. The van der Waals surface area contributed by atoms with Gasteiger partial charge in [-0.15, -0.1) is 17.9 Å². The van der Waals surface area contributed by atoms with Crippen molar-refractivity contribution in [3.05, 3.63) is 65.6 Å². The molecule has 1 fully saturated rings. The predicted octanol–water partition coefficient (Wildman–Crippen LogP) is 3.24. The Morgan fingerprint density at radius 3 is 2.72 bits per heavy atom. The van der Waals surface area contributed by atoms with E-state index in [9.17, 15) is 13.2 Å². The number of sulfonamides is 1. The molecule has 1 aromatic carbocycles. The van der Waals surface area contributed by atoms with Gasteiger partial charge in [0.05, 0.1) is 17.6 Å². The van der Waals surface area contributed by atoms with Crippen LogP contribution in [-0.2, 0) is 21.4 Å². The summed E-state index contributed by atoms with van der Waals surface area (Å²) in [5, 5.41) is 10.7. The van der Waals surface area contributed by atoms with E-state index in [1.54, 1.807) is 40.6 Å². The van der Waals surface area contributed by atoms with Gasteiger partial charge in [0.15, 0.2) is 0 Å². The fraction of sp³-hybridized carbons (Fsp3) is 0.333. The zero-order valence-corrected chi connectivity index (χ0v) is 17.7. The first-order valence-corrected chi connectivity index (χ1v) is 11.7. The SMILES string of the molecule is C=CCN(Cc1ccc(C#N)cc1)C(=O)C1CCCN(S(=O)(=O)c2cccs2)C1. The number of thiophene rings is 1. The summed E-state index contributed by atoms with van der Waals surface area (Å²) < 4.78 is 27.4. The van der Waals surface area contributed by atoms with Crippen molar-refractivity contribution < 1.29 is 13.2 Å². The fourth-order valence-electron chi connectivity index (χ4n) is 3.45. The molecule has 29 heavy (non-hydrogen) atoms. The summed E-state index contributed by atoms with van der Waals surface area (Å²) in [5.74, 6) is -0.447. The van der Waals surface area contributed by atoms with Gasteiger partial charge in [-0.2, -0.15) is 9.57 Å². The summed E-state index contributed by atoms with van der Waals surface area (Å²) in [6.07, 6.45) is 2.99. The summed E-state index contributed by atoms with van der Waals surface area (Å²) in [6, 6.07) is 12.5. The zero-order chi connectivity index (χ0) is 20.9. The van der Waals surface area contributed by atoms with E-state index in [4.69, 9.17) is 5.26 Å². The summed E-state index contributed by atoms with van der Waals surface area (Å²) in [7, 11) is -3.56. The third kappa shape index (κ3) is 4.93. The van der Waals surface area contributed by atoms with Crippen molar-refractivity contribution in [2.45, 2.75) is 23.6 Å². The van der Waals surface area contributed by atoms with E-state index in [1.165, 1.54) is 15.6 Å². The molecule has 1 unspecified atom stereocenters. The van der Waals surface area contributed by atoms with Crippen LogP contribution in [0.4, 0.5) is 0 Å². The van der Waals surface area contributed by atoms with Gasteiger partial charge in [-0.05, 0) is 42.0 Å². The molecule has 0 bridgehead atoms. The van der Waals surface area contributed by atoms with E-state index in [0.29, 0.717) is 42.2 Å². The maximum absolute atomic E-state index is 13.2. The number of rotatable bonds is 7. The minimum atomic E-state index is -3.56. The molecule has 8 heteroatoms.